The predicted molar refractivity (Wildman–Crippen MR) is 113 cm³/mol. The highest BCUT2D eigenvalue weighted by Crippen LogP contribution is 2.30. The topological polar surface area (TPSA) is 80.7 Å². The van der Waals surface area contributed by atoms with Crippen LogP contribution in [0.25, 0.3) is 0 Å². The molecule has 0 aromatic carbocycles. The second kappa shape index (κ2) is 13.6. The fourth-order valence-corrected chi connectivity index (χ4v) is 3.85. The molecule has 0 fully saturated rings. The number of carbonyl (C=O) groups is 2. The van der Waals surface area contributed by atoms with Crippen LogP contribution in [0.15, 0.2) is 34.8 Å². The molecular weight excluding hydrogens is 376 g/mol. The maximum atomic E-state index is 12.6. The van der Waals surface area contributed by atoms with Gasteiger partial charge in [-0.05, 0) is 25.7 Å². The minimum atomic E-state index is -1.33. The van der Waals surface area contributed by atoms with Crippen molar-refractivity contribution in [1.29, 1.82) is 0 Å². The Balaban J connectivity index is 2.65. The SMILES string of the molecule is CCCCCC(O)C=CC1C=C(S(C)=O)C(=O)C1=CCCCCCC(=O)OC. The summed E-state index contributed by atoms with van der Waals surface area (Å²) >= 11 is 0. The molecule has 0 saturated heterocycles. The molecule has 0 heterocycles. The van der Waals surface area contributed by atoms with Crippen LogP contribution >= 0.6 is 0 Å². The van der Waals surface area contributed by atoms with Crippen LogP contribution in [0.3, 0.4) is 0 Å². The zero-order valence-electron chi connectivity index (χ0n) is 17.3. The number of hydrogen-bond donors (Lipinski definition) is 1. The first kappa shape index (κ1) is 24.5. The number of aliphatic hydroxyl groups is 1. The Bertz CT molecular complexity index is 633. The number of esters is 1. The first-order valence-corrected chi connectivity index (χ1v) is 11.7. The van der Waals surface area contributed by atoms with Crippen molar-refractivity contribution in [3.8, 4) is 0 Å². The Morgan fingerprint density at radius 3 is 2.68 bits per heavy atom. The number of methoxy groups -OCH3 is 1. The van der Waals surface area contributed by atoms with E-state index < -0.39 is 16.9 Å². The summed E-state index contributed by atoms with van der Waals surface area (Å²) in [4.78, 5) is 24.0. The van der Waals surface area contributed by atoms with Crippen LogP contribution in [0.2, 0.25) is 0 Å². The fourth-order valence-electron chi connectivity index (χ4n) is 3.13. The van der Waals surface area contributed by atoms with Gasteiger partial charge in [-0.15, -0.1) is 0 Å². The summed E-state index contributed by atoms with van der Waals surface area (Å²) in [5.74, 6) is -0.598. The number of ketones is 1. The monoisotopic (exact) mass is 410 g/mol. The van der Waals surface area contributed by atoms with Crippen LogP contribution < -0.4 is 0 Å². The lowest BCUT2D eigenvalue weighted by Gasteiger charge is -2.08. The molecule has 0 aromatic heterocycles. The molecule has 0 bridgehead atoms. The second-order valence-electron chi connectivity index (χ2n) is 7.12. The van der Waals surface area contributed by atoms with E-state index in [-0.39, 0.29) is 17.7 Å². The normalized spacial score (nSPS) is 20.6. The summed E-state index contributed by atoms with van der Waals surface area (Å²) < 4.78 is 16.5. The van der Waals surface area contributed by atoms with Crippen molar-refractivity contribution in [2.45, 2.75) is 70.8 Å². The molecule has 6 heteroatoms. The molecular formula is C22H34O5S. The van der Waals surface area contributed by atoms with Crippen LogP contribution in [0.1, 0.15) is 64.7 Å². The van der Waals surface area contributed by atoms with Crippen molar-refractivity contribution < 1.29 is 23.6 Å². The molecule has 0 aliphatic heterocycles. The van der Waals surface area contributed by atoms with Gasteiger partial charge in [-0.1, -0.05) is 56.9 Å². The van der Waals surface area contributed by atoms with Gasteiger partial charge in [-0.25, -0.2) is 0 Å². The number of ether oxygens (including phenoxy) is 1. The molecule has 0 amide bonds. The molecule has 5 nitrogen and oxygen atoms in total. The average molecular weight is 411 g/mol. The fraction of sp³-hybridized carbons (Fsp3) is 0.636. The summed E-state index contributed by atoms with van der Waals surface area (Å²) in [6.45, 7) is 2.12. The van der Waals surface area contributed by atoms with Gasteiger partial charge in [0.05, 0.1) is 28.9 Å². The van der Waals surface area contributed by atoms with Gasteiger partial charge in [0, 0.05) is 24.2 Å². The van der Waals surface area contributed by atoms with Gasteiger partial charge in [-0.3, -0.25) is 13.8 Å². The Morgan fingerprint density at radius 1 is 1.29 bits per heavy atom. The lowest BCUT2D eigenvalue weighted by Crippen LogP contribution is -2.07. The predicted octanol–water partition coefficient (Wildman–Crippen LogP) is 4.00. The van der Waals surface area contributed by atoms with E-state index >= 15 is 0 Å². The zero-order chi connectivity index (χ0) is 20.9. The number of Topliss-reactive ketones (excluding diaryl/α,β-unsaturated/α-hetero) is 1. The Labute approximate surface area is 171 Å². The summed E-state index contributed by atoms with van der Waals surface area (Å²) in [6.07, 6.45) is 15.8. The first-order chi connectivity index (χ1) is 13.4. The van der Waals surface area contributed by atoms with Gasteiger partial charge in [0.25, 0.3) is 0 Å². The van der Waals surface area contributed by atoms with Gasteiger partial charge < -0.3 is 9.84 Å². The van der Waals surface area contributed by atoms with Crippen LogP contribution in [-0.4, -0.2) is 40.5 Å². The molecule has 0 saturated carbocycles. The molecule has 1 aliphatic rings. The average Bonchev–Trinajstić information content (AvgIpc) is 2.98. The number of aliphatic hydroxyl groups excluding tert-OH is 1. The van der Waals surface area contributed by atoms with Crippen molar-refractivity contribution >= 4 is 22.6 Å². The zero-order valence-corrected chi connectivity index (χ0v) is 18.1. The van der Waals surface area contributed by atoms with E-state index in [0.29, 0.717) is 23.3 Å². The first-order valence-electron chi connectivity index (χ1n) is 10.1. The number of rotatable bonds is 13. The third-order valence-corrected chi connectivity index (χ3v) is 5.75. The molecule has 158 valence electrons. The maximum absolute atomic E-state index is 12.6. The third-order valence-electron chi connectivity index (χ3n) is 4.81. The molecule has 28 heavy (non-hydrogen) atoms. The molecule has 0 spiro atoms. The van der Waals surface area contributed by atoms with E-state index in [1.165, 1.54) is 13.4 Å². The second-order valence-corrected chi connectivity index (χ2v) is 8.47. The van der Waals surface area contributed by atoms with Gasteiger partial charge in [0.15, 0.2) is 5.78 Å². The molecule has 0 aromatic rings. The van der Waals surface area contributed by atoms with Crippen molar-refractivity contribution in [2.75, 3.05) is 13.4 Å². The minimum absolute atomic E-state index is 0.162. The molecule has 3 atom stereocenters. The maximum Gasteiger partial charge on any atom is 0.305 e. The standard InChI is InChI=1S/C22H34O5S/c1-4-5-8-11-18(23)15-14-17-16-20(28(3)26)22(25)19(17)12-9-6-7-10-13-21(24)27-2/h12,14-18,23H,4-11,13H2,1-3H3. The van der Waals surface area contributed by atoms with Gasteiger partial charge in [-0.2, -0.15) is 0 Å². The Morgan fingerprint density at radius 2 is 2.04 bits per heavy atom. The van der Waals surface area contributed by atoms with Gasteiger partial charge >= 0.3 is 5.97 Å². The molecule has 1 rings (SSSR count). The highest BCUT2D eigenvalue weighted by molar-refractivity contribution is 7.89. The summed E-state index contributed by atoms with van der Waals surface area (Å²) in [5, 5.41) is 10.1. The van der Waals surface area contributed by atoms with E-state index in [4.69, 9.17) is 0 Å². The molecule has 3 unspecified atom stereocenters. The lowest BCUT2D eigenvalue weighted by molar-refractivity contribution is -0.140. The molecule has 1 N–H and O–H groups in total. The van der Waals surface area contributed by atoms with Crippen LogP contribution in [0.4, 0.5) is 0 Å². The Kier molecular flexibility index (Phi) is 11.9. The molecule has 0 radical (unpaired) electrons. The largest absolute Gasteiger partial charge is 0.469 e. The van der Waals surface area contributed by atoms with Gasteiger partial charge in [0.2, 0.25) is 0 Å². The van der Waals surface area contributed by atoms with E-state index in [2.05, 4.69) is 11.7 Å². The van der Waals surface area contributed by atoms with Crippen LogP contribution in [0, 0.1) is 5.92 Å². The highest BCUT2D eigenvalue weighted by Gasteiger charge is 2.30. The van der Waals surface area contributed by atoms with Crippen LogP contribution in [-0.2, 0) is 25.1 Å². The number of unbranched alkanes of at least 4 members (excludes halogenated alkanes) is 5. The van der Waals surface area contributed by atoms with E-state index in [1.807, 2.05) is 12.2 Å². The third kappa shape index (κ3) is 8.65. The van der Waals surface area contributed by atoms with Crippen molar-refractivity contribution in [1.82, 2.24) is 0 Å². The van der Waals surface area contributed by atoms with Crippen molar-refractivity contribution in [2.24, 2.45) is 5.92 Å². The quantitative estimate of drug-likeness (QED) is 0.215. The number of allylic oxidation sites excluding steroid dienone is 5. The Hall–Kier alpha value is -1.53. The smallest absolute Gasteiger partial charge is 0.305 e. The van der Waals surface area contributed by atoms with E-state index in [1.54, 1.807) is 12.2 Å². The van der Waals surface area contributed by atoms with E-state index in [0.717, 1.165) is 44.9 Å². The van der Waals surface area contributed by atoms with E-state index in [9.17, 15) is 18.9 Å². The summed E-state index contributed by atoms with van der Waals surface area (Å²) in [6, 6.07) is 0. The number of carbonyl (C=O) groups excluding carboxylic acids is 2. The van der Waals surface area contributed by atoms with Crippen LogP contribution in [0.5, 0.6) is 0 Å². The summed E-state index contributed by atoms with van der Waals surface area (Å²) in [7, 11) is 0.0575. The van der Waals surface area contributed by atoms with Crippen molar-refractivity contribution in [3.63, 3.8) is 0 Å². The molecule has 1 aliphatic carbocycles. The minimum Gasteiger partial charge on any atom is -0.469 e. The summed E-state index contributed by atoms with van der Waals surface area (Å²) in [5.41, 5.74) is 0.634. The highest BCUT2D eigenvalue weighted by atomic mass is 32.2. The van der Waals surface area contributed by atoms with Gasteiger partial charge in [0.1, 0.15) is 0 Å². The lowest BCUT2D eigenvalue weighted by atomic mass is 9.98. The van der Waals surface area contributed by atoms with Crippen molar-refractivity contribution in [3.05, 3.63) is 34.8 Å². The number of hydrogen-bond acceptors (Lipinski definition) is 5.